The van der Waals surface area contributed by atoms with E-state index >= 15 is 0 Å². The number of carbonyl (C=O) groups is 1. The van der Waals surface area contributed by atoms with Crippen LogP contribution in [0.3, 0.4) is 0 Å². The van der Waals surface area contributed by atoms with Gasteiger partial charge < -0.3 is 9.84 Å². The Bertz CT molecular complexity index is 1020. The van der Waals surface area contributed by atoms with Gasteiger partial charge in [-0.25, -0.2) is 0 Å². The molecule has 5 rings (SSSR count). The van der Waals surface area contributed by atoms with E-state index in [0.29, 0.717) is 41.8 Å². The second kappa shape index (κ2) is 7.92. The van der Waals surface area contributed by atoms with Crippen LogP contribution in [0.5, 0.6) is 5.75 Å². The van der Waals surface area contributed by atoms with Crippen LogP contribution in [0, 0.1) is 40.9 Å². The number of allylic oxidation sites excluding steroid dienone is 3. The highest BCUT2D eigenvalue weighted by atomic mass is 16.5. The fourth-order valence-electron chi connectivity index (χ4n) is 7.67. The summed E-state index contributed by atoms with van der Waals surface area (Å²) >= 11 is 0. The monoisotopic (exact) mass is 430 g/mol. The Balaban J connectivity index is 1.63. The van der Waals surface area contributed by atoms with Crippen LogP contribution in [0.1, 0.15) is 63.9 Å². The summed E-state index contributed by atoms with van der Waals surface area (Å²) in [5, 5.41) is 11.8. The third kappa shape index (κ3) is 3.19. The highest BCUT2D eigenvalue weighted by Gasteiger charge is 2.61. The first-order valence-corrected chi connectivity index (χ1v) is 12.1. The predicted molar refractivity (Wildman–Crippen MR) is 126 cm³/mol. The zero-order valence-corrected chi connectivity index (χ0v) is 19.4. The van der Waals surface area contributed by atoms with E-state index in [9.17, 15) is 9.90 Å². The van der Waals surface area contributed by atoms with Crippen molar-refractivity contribution >= 4 is 5.78 Å². The number of hydrogen-bond acceptors (Lipinski definition) is 3. The average molecular weight is 431 g/mol. The molecule has 2 saturated carbocycles. The number of rotatable bonds is 2. The van der Waals surface area contributed by atoms with Crippen LogP contribution >= 0.6 is 0 Å². The second-order valence-electron chi connectivity index (χ2n) is 10.5. The molecule has 1 N–H and O–H groups in total. The summed E-state index contributed by atoms with van der Waals surface area (Å²) in [4.78, 5) is 12.2. The lowest BCUT2D eigenvalue weighted by molar-refractivity contribution is -0.124. The van der Waals surface area contributed by atoms with Crippen LogP contribution in [0.25, 0.3) is 0 Å². The molecule has 4 aliphatic carbocycles. The minimum absolute atomic E-state index is 0.296. The molecule has 0 aliphatic heterocycles. The van der Waals surface area contributed by atoms with Gasteiger partial charge in [0.15, 0.2) is 5.78 Å². The molecule has 32 heavy (non-hydrogen) atoms. The summed E-state index contributed by atoms with van der Waals surface area (Å²) in [6, 6.07) is 8.53. The summed E-state index contributed by atoms with van der Waals surface area (Å²) < 4.78 is 5.42. The van der Waals surface area contributed by atoms with Crippen LogP contribution in [0.2, 0.25) is 0 Å². The average Bonchev–Trinajstić information content (AvgIpc) is 2.79. The van der Waals surface area contributed by atoms with Crippen molar-refractivity contribution in [3.05, 3.63) is 53.6 Å². The highest BCUT2D eigenvalue weighted by Crippen LogP contribution is 2.65. The lowest BCUT2D eigenvalue weighted by Gasteiger charge is -2.62. The lowest BCUT2D eigenvalue weighted by Crippen LogP contribution is -2.59. The number of ketones is 1. The molecule has 0 heterocycles. The SMILES string of the molecule is CC#CC1(O)C=CC[C@H]2[C@@H]3CCC4=CC(=O)CC[C@@H]4[C@H]3[C@@H](c3ccc(OC)cc3)C[C@@]21C. The maximum atomic E-state index is 12.2. The molecule has 4 aliphatic rings. The summed E-state index contributed by atoms with van der Waals surface area (Å²) in [5.41, 5.74) is 1.29. The van der Waals surface area contributed by atoms with Crippen molar-refractivity contribution in [2.75, 3.05) is 7.11 Å². The maximum absolute atomic E-state index is 12.2. The van der Waals surface area contributed by atoms with Crippen molar-refractivity contribution in [3.8, 4) is 17.6 Å². The lowest BCUT2D eigenvalue weighted by atomic mass is 9.43. The standard InChI is InChI=1S/C29H34O3/c1-4-15-29(31)16-5-6-26-24-13-9-20-17-21(30)10-14-23(20)27(24)25(18-28(26,29)2)19-7-11-22(32-3)12-8-19/h5,7-8,11-12,16-17,23-27,31H,6,9-10,13-14,18H2,1-3H3/t23-,24-,25+,26-,27+,28-,29?/m0/s1. The van der Waals surface area contributed by atoms with Gasteiger partial charge in [0, 0.05) is 11.8 Å². The van der Waals surface area contributed by atoms with Gasteiger partial charge in [0.2, 0.25) is 0 Å². The molecular weight excluding hydrogens is 396 g/mol. The Hall–Kier alpha value is -2.31. The van der Waals surface area contributed by atoms with Gasteiger partial charge in [-0.15, -0.1) is 5.92 Å². The molecule has 0 aromatic heterocycles. The number of aliphatic hydroxyl groups is 1. The Morgan fingerprint density at radius 1 is 1.12 bits per heavy atom. The molecule has 2 fully saturated rings. The molecule has 0 spiro atoms. The van der Waals surface area contributed by atoms with Crippen molar-refractivity contribution in [1.29, 1.82) is 0 Å². The summed E-state index contributed by atoms with van der Waals surface area (Å²) in [6.07, 6.45) is 11.7. The number of methoxy groups -OCH3 is 1. The van der Waals surface area contributed by atoms with E-state index < -0.39 is 5.60 Å². The quantitative estimate of drug-likeness (QED) is 0.501. The van der Waals surface area contributed by atoms with Gasteiger partial charge in [-0.3, -0.25) is 4.79 Å². The molecule has 1 unspecified atom stereocenters. The van der Waals surface area contributed by atoms with Crippen LogP contribution in [0.15, 0.2) is 48.1 Å². The number of fused-ring (bicyclic) bond motifs is 5. The topological polar surface area (TPSA) is 46.5 Å². The van der Waals surface area contributed by atoms with E-state index in [2.05, 4.69) is 49.1 Å². The van der Waals surface area contributed by atoms with Gasteiger partial charge in [-0.2, -0.15) is 0 Å². The molecule has 1 aromatic rings. The summed E-state index contributed by atoms with van der Waals surface area (Å²) in [7, 11) is 1.70. The maximum Gasteiger partial charge on any atom is 0.155 e. The van der Waals surface area contributed by atoms with E-state index in [1.165, 1.54) is 11.1 Å². The molecular formula is C29H34O3. The zero-order valence-electron chi connectivity index (χ0n) is 19.4. The third-order valence-electron chi connectivity index (χ3n) is 9.17. The molecule has 0 amide bonds. The molecule has 7 atom stereocenters. The van der Waals surface area contributed by atoms with Crippen LogP contribution in [-0.4, -0.2) is 23.6 Å². The fraction of sp³-hybridized carbons (Fsp3) is 0.552. The van der Waals surface area contributed by atoms with Crippen molar-refractivity contribution in [3.63, 3.8) is 0 Å². The Morgan fingerprint density at radius 2 is 1.91 bits per heavy atom. The molecule has 0 saturated heterocycles. The van der Waals surface area contributed by atoms with Crippen LogP contribution < -0.4 is 4.74 Å². The van der Waals surface area contributed by atoms with Crippen molar-refractivity contribution in [2.24, 2.45) is 29.1 Å². The smallest absolute Gasteiger partial charge is 0.155 e. The Labute approximate surface area is 191 Å². The number of ether oxygens (including phenoxy) is 1. The summed E-state index contributed by atoms with van der Waals surface area (Å²) in [6.45, 7) is 4.09. The molecule has 1 aromatic carbocycles. The number of carbonyl (C=O) groups excluding carboxylic acids is 1. The largest absolute Gasteiger partial charge is 0.497 e. The van der Waals surface area contributed by atoms with E-state index in [1.54, 1.807) is 7.11 Å². The first kappa shape index (κ1) is 21.5. The van der Waals surface area contributed by atoms with Gasteiger partial charge in [0.25, 0.3) is 0 Å². The van der Waals surface area contributed by atoms with Gasteiger partial charge >= 0.3 is 0 Å². The third-order valence-corrected chi connectivity index (χ3v) is 9.17. The molecule has 0 bridgehead atoms. The van der Waals surface area contributed by atoms with Crippen molar-refractivity contribution in [2.45, 2.75) is 63.9 Å². The van der Waals surface area contributed by atoms with Crippen molar-refractivity contribution in [1.82, 2.24) is 0 Å². The Morgan fingerprint density at radius 3 is 2.62 bits per heavy atom. The normalized spacial score (nSPS) is 40.2. The van der Waals surface area contributed by atoms with E-state index in [1.807, 2.05) is 19.1 Å². The number of hydrogen-bond donors (Lipinski definition) is 1. The summed E-state index contributed by atoms with van der Waals surface area (Å²) in [5.74, 6) is 9.58. The first-order chi connectivity index (χ1) is 15.4. The van der Waals surface area contributed by atoms with E-state index in [0.717, 1.165) is 37.9 Å². The zero-order chi connectivity index (χ0) is 22.5. The minimum Gasteiger partial charge on any atom is -0.497 e. The molecule has 3 nitrogen and oxygen atoms in total. The Kier molecular flexibility index (Phi) is 5.33. The van der Waals surface area contributed by atoms with E-state index in [-0.39, 0.29) is 5.41 Å². The highest BCUT2D eigenvalue weighted by molar-refractivity contribution is 5.91. The van der Waals surface area contributed by atoms with Gasteiger partial charge in [-0.1, -0.05) is 36.6 Å². The fourth-order valence-corrected chi connectivity index (χ4v) is 7.67. The van der Waals surface area contributed by atoms with Gasteiger partial charge in [0.05, 0.1) is 7.11 Å². The first-order valence-electron chi connectivity index (χ1n) is 12.1. The number of benzene rings is 1. The van der Waals surface area contributed by atoms with Gasteiger partial charge in [0.1, 0.15) is 11.4 Å². The molecule has 3 heteroatoms. The molecule has 168 valence electrons. The van der Waals surface area contributed by atoms with Crippen LogP contribution in [-0.2, 0) is 4.79 Å². The van der Waals surface area contributed by atoms with Crippen LogP contribution in [0.4, 0.5) is 0 Å². The van der Waals surface area contributed by atoms with E-state index in [4.69, 9.17) is 4.74 Å². The van der Waals surface area contributed by atoms with Crippen molar-refractivity contribution < 1.29 is 14.6 Å². The second-order valence-corrected chi connectivity index (χ2v) is 10.5. The minimum atomic E-state index is -1.10. The molecule has 0 radical (unpaired) electrons. The predicted octanol–water partition coefficient (Wildman–Crippen LogP) is 5.45. The van der Waals surface area contributed by atoms with Gasteiger partial charge in [-0.05, 0) is 98.5 Å².